The number of rotatable bonds is 2. The van der Waals surface area contributed by atoms with Crippen LogP contribution in [0.25, 0.3) is 0 Å². The molecule has 0 aromatic rings. The van der Waals surface area contributed by atoms with Gasteiger partial charge < -0.3 is 11.1 Å². The van der Waals surface area contributed by atoms with Gasteiger partial charge in [0.25, 0.3) is 0 Å². The van der Waals surface area contributed by atoms with Crippen molar-refractivity contribution in [3.63, 3.8) is 0 Å². The maximum atomic E-state index is 12.2. The van der Waals surface area contributed by atoms with Crippen LogP contribution < -0.4 is 11.1 Å². The maximum Gasteiger partial charge on any atom is 0.204 e. The van der Waals surface area contributed by atoms with Crippen molar-refractivity contribution >= 4 is 12.2 Å². The molecule has 1 fully saturated rings. The zero-order valence-corrected chi connectivity index (χ0v) is 12.4. The van der Waals surface area contributed by atoms with E-state index in [0.717, 1.165) is 18.5 Å². The highest BCUT2D eigenvalue weighted by Crippen LogP contribution is 2.60. The van der Waals surface area contributed by atoms with Crippen molar-refractivity contribution in [1.82, 2.24) is 5.32 Å². The molecule has 1 amide bonds. The molecule has 0 unspecified atom stereocenters. The molecule has 0 radical (unpaired) electrons. The average molecular weight is 274 g/mol. The van der Waals surface area contributed by atoms with Crippen molar-refractivity contribution in [2.75, 3.05) is 13.6 Å². The van der Waals surface area contributed by atoms with Crippen LogP contribution in [0.15, 0.2) is 33.9 Å². The van der Waals surface area contributed by atoms with Gasteiger partial charge in [-0.25, -0.2) is 0 Å². The predicted octanol–water partition coefficient (Wildman–Crippen LogP) is 1.63. The Kier molecular flexibility index (Phi) is 3.95. The molecule has 3 aliphatic carbocycles. The lowest BCUT2D eigenvalue weighted by Crippen LogP contribution is -2.23. The number of carbonyl (C=O) groups excluding carboxylic acids is 2. The summed E-state index contributed by atoms with van der Waals surface area (Å²) in [5.74, 6) is 0.355. The van der Waals surface area contributed by atoms with Crippen LogP contribution in [0, 0.1) is 5.41 Å². The van der Waals surface area contributed by atoms with Gasteiger partial charge in [-0.05, 0) is 61.9 Å². The van der Waals surface area contributed by atoms with Crippen LogP contribution in [0.2, 0.25) is 0 Å². The van der Waals surface area contributed by atoms with Crippen molar-refractivity contribution in [2.24, 2.45) is 11.1 Å². The van der Waals surface area contributed by atoms with Crippen molar-refractivity contribution in [3.8, 4) is 0 Å². The number of hydrogen-bond donors (Lipinski definition) is 2. The fourth-order valence-corrected chi connectivity index (χ4v) is 3.29. The van der Waals surface area contributed by atoms with Crippen molar-refractivity contribution in [3.05, 3.63) is 33.9 Å². The molecule has 3 rings (SSSR count). The van der Waals surface area contributed by atoms with E-state index in [1.165, 1.54) is 35.1 Å². The molecule has 20 heavy (non-hydrogen) atoms. The van der Waals surface area contributed by atoms with Gasteiger partial charge in [0, 0.05) is 18.5 Å². The summed E-state index contributed by atoms with van der Waals surface area (Å²) in [6.45, 7) is 5.21. The highest BCUT2D eigenvalue weighted by atomic mass is 16.1. The number of carbonyl (C=O) groups is 2. The van der Waals surface area contributed by atoms with Gasteiger partial charge >= 0.3 is 0 Å². The van der Waals surface area contributed by atoms with Crippen molar-refractivity contribution < 1.29 is 9.59 Å². The van der Waals surface area contributed by atoms with E-state index in [-0.39, 0.29) is 11.8 Å². The van der Waals surface area contributed by atoms with E-state index in [0.29, 0.717) is 5.78 Å². The second-order valence-electron chi connectivity index (χ2n) is 5.77. The molecular formula is C16H22N2O2. The SMILES string of the molecule is CNCC1=C(C)C=C2C(=O)CC3(CC3)C(C)=C21.NC=O. The largest absolute Gasteiger partial charge is 0.372 e. The summed E-state index contributed by atoms with van der Waals surface area (Å²) in [7, 11) is 1.96. The smallest absolute Gasteiger partial charge is 0.204 e. The molecule has 0 saturated heterocycles. The van der Waals surface area contributed by atoms with Gasteiger partial charge in [-0.3, -0.25) is 9.59 Å². The fraction of sp³-hybridized carbons (Fsp3) is 0.500. The Hall–Kier alpha value is -1.68. The zero-order chi connectivity index (χ0) is 14.9. The number of nitrogens with two attached hydrogens (primary N) is 1. The minimum Gasteiger partial charge on any atom is -0.372 e. The number of likely N-dealkylation sites (N-methyl/N-ethyl adjacent to an activating group) is 1. The summed E-state index contributed by atoms with van der Waals surface area (Å²) in [6, 6.07) is 0. The van der Waals surface area contributed by atoms with Crippen LogP contribution in [0.4, 0.5) is 0 Å². The van der Waals surface area contributed by atoms with Gasteiger partial charge in [-0.15, -0.1) is 0 Å². The first-order valence-corrected chi connectivity index (χ1v) is 6.97. The summed E-state index contributed by atoms with van der Waals surface area (Å²) in [5.41, 5.74) is 10.7. The quantitative estimate of drug-likeness (QED) is 0.752. The molecule has 1 saturated carbocycles. The van der Waals surface area contributed by atoms with Crippen LogP contribution in [0.1, 0.15) is 33.1 Å². The summed E-state index contributed by atoms with van der Waals surface area (Å²) in [5, 5.41) is 3.22. The third-order valence-electron chi connectivity index (χ3n) is 4.58. The molecule has 0 bridgehead atoms. The Morgan fingerprint density at radius 1 is 1.40 bits per heavy atom. The molecule has 1 spiro atoms. The molecule has 0 aromatic heterocycles. The molecule has 0 atom stereocenters. The van der Waals surface area contributed by atoms with E-state index in [1.54, 1.807) is 0 Å². The normalized spacial score (nSPS) is 22.4. The van der Waals surface area contributed by atoms with Gasteiger partial charge in [0.1, 0.15) is 0 Å². The number of primary amides is 1. The van der Waals surface area contributed by atoms with Gasteiger partial charge in [-0.2, -0.15) is 0 Å². The minimum absolute atomic E-state index is 0.243. The first-order chi connectivity index (χ1) is 9.50. The summed E-state index contributed by atoms with van der Waals surface area (Å²) >= 11 is 0. The number of Topliss-reactive ketones (excluding diaryl/α,β-unsaturated/α-hetero) is 1. The number of amides is 1. The molecule has 3 N–H and O–H groups in total. The Morgan fingerprint density at radius 2 is 2.00 bits per heavy atom. The molecule has 3 aliphatic rings. The molecular weight excluding hydrogens is 252 g/mol. The number of fused-ring (bicyclic) bond motifs is 1. The maximum absolute atomic E-state index is 12.2. The Bertz CT molecular complexity index is 549. The van der Waals surface area contributed by atoms with Crippen LogP contribution >= 0.6 is 0 Å². The fourth-order valence-electron chi connectivity index (χ4n) is 3.29. The Labute approximate surface area is 119 Å². The third kappa shape index (κ3) is 2.24. The second kappa shape index (κ2) is 5.37. The summed E-state index contributed by atoms with van der Waals surface area (Å²) in [6.07, 6.45) is 5.48. The second-order valence-corrected chi connectivity index (χ2v) is 5.77. The number of nitrogens with one attached hydrogen (secondary N) is 1. The topological polar surface area (TPSA) is 72.2 Å². The van der Waals surface area contributed by atoms with E-state index >= 15 is 0 Å². The zero-order valence-electron chi connectivity index (χ0n) is 12.4. The Morgan fingerprint density at radius 3 is 2.50 bits per heavy atom. The Balaban J connectivity index is 0.000000452. The van der Waals surface area contributed by atoms with Gasteiger partial charge in [0.05, 0.1) is 0 Å². The minimum atomic E-state index is 0.243. The van der Waals surface area contributed by atoms with Gasteiger partial charge in [0.15, 0.2) is 5.78 Å². The van der Waals surface area contributed by atoms with E-state index < -0.39 is 0 Å². The first kappa shape index (κ1) is 14.7. The lowest BCUT2D eigenvalue weighted by atomic mass is 9.76. The third-order valence-corrected chi connectivity index (χ3v) is 4.58. The van der Waals surface area contributed by atoms with E-state index in [9.17, 15) is 4.79 Å². The van der Waals surface area contributed by atoms with E-state index in [2.05, 4.69) is 31.0 Å². The molecule has 0 aliphatic heterocycles. The summed E-state index contributed by atoms with van der Waals surface area (Å²) < 4.78 is 0. The number of hydrogen-bond acceptors (Lipinski definition) is 3. The highest BCUT2D eigenvalue weighted by Gasteiger charge is 2.51. The van der Waals surface area contributed by atoms with Crippen LogP contribution in [0.3, 0.4) is 0 Å². The van der Waals surface area contributed by atoms with Crippen LogP contribution in [-0.2, 0) is 9.59 Å². The van der Waals surface area contributed by atoms with Crippen molar-refractivity contribution in [1.29, 1.82) is 0 Å². The number of ketones is 1. The lowest BCUT2D eigenvalue weighted by molar-refractivity contribution is -0.116. The molecule has 0 aromatic carbocycles. The standard InChI is InChI=1S/C15H19NO.CH3NO/c1-9-6-11-13(17)7-15(4-5-15)10(2)14(11)12(9)8-16-3;2-1-3/h6,16H,4-5,7-8H2,1-3H3;1H,(H2,2,3). The highest BCUT2D eigenvalue weighted by molar-refractivity contribution is 6.05. The van der Waals surface area contributed by atoms with Crippen molar-refractivity contribution in [2.45, 2.75) is 33.1 Å². The molecule has 0 heterocycles. The average Bonchev–Trinajstić information content (AvgIpc) is 3.08. The first-order valence-electron chi connectivity index (χ1n) is 6.97. The monoisotopic (exact) mass is 274 g/mol. The van der Waals surface area contributed by atoms with Gasteiger partial charge in [-0.1, -0.05) is 5.57 Å². The van der Waals surface area contributed by atoms with Gasteiger partial charge in [0.2, 0.25) is 6.41 Å². The van der Waals surface area contributed by atoms with Crippen LogP contribution in [0.5, 0.6) is 0 Å². The molecule has 4 heteroatoms. The van der Waals surface area contributed by atoms with E-state index in [4.69, 9.17) is 4.79 Å². The number of allylic oxidation sites excluding steroid dienone is 4. The summed E-state index contributed by atoms with van der Waals surface area (Å²) in [4.78, 5) is 20.8. The molecule has 108 valence electrons. The predicted molar refractivity (Wildman–Crippen MR) is 79.0 cm³/mol. The van der Waals surface area contributed by atoms with E-state index in [1.807, 2.05) is 7.05 Å². The van der Waals surface area contributed by atoms with Crippen LogP contribution in [-0.4, -0.2) is 25.8 Å². The lowest BCUT2D eigenvalue weighted by Gasteiger charge is -2.27. The molecule has 4 nitrogen and oxygen atoms in total.